The fourth-order valence-electron chi connectivity index (χ4n) is 3.58. The predicted octanol–water partition coefficient (Wildman–Crippen LogP) is 5.98. The zero-order chi connectivity index (χ0) is 29.8. The molecule has 0 radical (unpaired) electrons. The Morgan fingerprint density at radius 1 is 0.950 bits per heavy atom. The van der Waals surface area contributed by atoms with Gasteiger partial charge >= 0.3 is 24.2 Å². The number of unbranched alkanes of at least 4 members (excludes halogenated alkanes) is 1. The van der Waals surface area contributed by atoms with E-state index in [1.807, 2.05) is 0 Å². The molecule has 0 fully saturated rings. The highest BCUT2D eigenvalue weighted by Gasteiger charge is 2.56. The summed E-state index contributed by atoms with van der Waals surface area (Å²) in [6.07, 6.45) is -9.35. The van der Waals surface area contributed by atoms with Crippen molar-refractivity contribution >= 4 is 12.1 Å². The number of carboxylic acid groups (broad SMARTS) is 1. The van der Waals surface area contributed by atoms with Gasteiger partial charge in [0.25, 0.3) is 0 Å². The number of carbonyl (C=O) groups is 2. The summed E-state index contributed by atoms with van der Waals surface area (Å²) in [6, 6.07) is 12.9. The molecule has 2 aromatic carbocycles. The van der Waals surface area contributed by atoms with Crippen molar-refractivity contribution < 1.29 is 55.6 Å². The van der Waals surface area contributed by atoms with Crippen molar-refractivity contribution in [3.8, 4) is 17.2 Å². The number of hydrogen-bond acceptors (Lipinski definition) is 6. The third-order valence-electron chi connectivity index (χ3n) is 5.73. The maximum absolute atomic E-state index is 13.3. The van der Waals surface area contributed by atoms with Crippen LogP contribution in [0.25, 0.3) is 0 Å². The lowest BCUT2D eigenvalue weighted by Crippen LogP contribution is -2.38. The van der Waals surface area contributed by atoms with Crippen molar-refractivity contribution in [3.63, 3.8) is 0 Å². The Bertz CT molecular complexity index is 1080. The van der Waals surface area contributed by atoms with Gasteiger partial charge in [-0.2, -0.15) is 22.0 Å². The average molecular weight is 578 g/mol. The van der Waals surface area contributed by atoms with E-state index in [0.29, 0.717) is 11.3 Å². The van der Waals surface area contributed by atoms with Gasteiger partial charge in [0.2, 0.25) is 0 Å². The van der Waals surface area contributed by atoms with E-state index in [2.05, 4.69) is 0 Å². The number of methoxy groups -OCH3 is 1. The van der Waals surface area contributed by atoms with Gasteiger partial charge in [0, 0.05) is 26.0 Å². The fraction of sp³-hybridized carbons (Fsp3) is 0.481. The number of ether oxygens (including phenoxy) is 4. The minimum Gasteiger partial charge on any atom is -0.493 e. The first kappa shape index (κ1) is 32.6. The fourth-order valence-corrected chi connectivity index (χ4v) is 3.58. The van der Waals surface area contributed by atoms with E-state index in [9.17, 15) is 36.6 Å². The molecule has 1 N–H and O–H groups in total. The Labute approximate surface area is 228 Å². The Balaban J connectivity index is 2.00. The highest BCUT2D eigenvalue weighted by molar-refractivity contribution is 5.73. The van der Waals surface area contributed by atoms with Crippen molar-refractivity contribution in [3.05, 3.63) is 54.1 Å². The van der Waals surface area contributed by atoms with Crippen LogP contribution in [-0.4, -0.2) is 73.7 Å². The number of aliphatic carboxylic acids is 1. The van der Waals surface area contributed by atoms with E-state index >= 15 is 0 Å². The van der Waals surface area contributed by atoms with Gasteiger partial charge in [0.1, 0.15) is 12.4 Å². The number of halogens is 5. The molecule has 0 heterocycles. The molecule has 1 unspecified atom stereocenters. The van der Waals surface area contributed by atoms with Crippen LogP contribution in [-0.2, 0) is 16.0 Å². The minimum absolute atomic E-state index is 0.0459. The molecule has 222 valence electrons. The molecule has 0 aliphatic carbocycles. The smallest absolute Gasteiger partial charge is 0.453 e. The van der Waals surface area contributed by atoms with E-state index in [-0.39, 0.29) is 50.6 Å². The Kier molecular flexibility index (Phi) is 12.4. The third-order valence-corrected chi connectivity index (χ3v) is 5.73. The number of nitrogens with zero attached hydrogens (tertiary/aromatic N) is 1. The topological polar surface area (TPSA) is 94.5 Å². The number of carboxylic acids is 1. The van der Waals surface area contributed by atoms with Gasteiger partial charge in [0.05, 0.1) is 13.7 Å². The summed E-state index contributed by atoms with van der Waals surface area (Å²) in [7, 11) is 1.38. The summed E-state index contributed by atoms with van der Waals surface area (Å²) >= 11 is 0. The molecule has 40 heavy (non-hydrogen) atoms. The Hall–Kier alpha value is -3.61. The number of hydrogen-bond donors (Lipinski definition) is 1. The molecule has 13 heteroatoms. The average Bonchev–Trinajstić information content (AvgIpc) is 2.90. The number of alkyl halides is 5. The second-order valence-corrected chi connectivity index (χ2v) is 8.64. The summed E-state index contributed by atoms with van der Waals surface area (Å²) in [6.45, 7) is 1.68. The van der Waals surface area contributed by atoms with E-state index in [0.717, 1.165) is 4.90 Å². The standard InChI is InChI=1S/C27H32F5NO7/c1-3-38-23(24(34)35)18-19-10-12-20(13-11-19)39-17-16-33(15-7-6-14-26(28,29)27(30,31)32)25(36)40-22-9-5-4-8-21(22)37-2/h4-5,8-13,23H,3,6-7,14-18H2,1-2H3,(H,34,35). The summed E-state index contributed by atoms with van der Waals surface area (Å²) in [5.41, 5.74) is 0.700. The highest BCUT2D eigenvalue weighted by Crippen LogP contribution is 2.39. The molecule has 0 aromatic heterocycles. The zero-order valence-electron chi connectivity index (χ0n) is 22.1. The van der Waals surface area contributed by atoms with Crippen LogP contribution >= 0.6 is 0 Å². The summed E-state index contributed by atoms with van der Waals surface area (Å²) in [5.74, 6) is -5.12. The van der Waals surface area contributed by atoms with E-state index in [4.69, 9.17) is 18.9 Å². The van der Waals surface area contributed by atoms with Gasteiger partial charge in [-0.15, -0.1) is 0 Å². The lowest BCUT2D eigenvalue weighted by Gasteiger charge is -2.23. The van der Waals surface area contributed by atoms with Gasteiger partial charge in [-0.1, -0.05) is 24.3 Å². The maximum Gasteiger partial charge on any atom is 0.453 e. The Morgan fingerprint density at radius 3 is 2.17 bits per heavy atom. The second kappa shape index (κ2) is 15.2. The quantitative estimate of drug-likeness (QED) is 0.194. The van der Waals surface area contributed by atoms with Crippen molar-refractivity contribution in [2.45, 2.75) is 50.8 Å². The number of rotatable bonds is 16. The molecule has 0 saturated carbocycles. The lowest BCUT2D eigenvalue weighted by molar-refractivity contribution is -0.284. The largest absolute Gasteiger partial charge is 0.493 e. The van der Waals surface area contributed by atoms with Crippen molar-refractivity contribution in [1.29, 1.82) is 0 Å². The number of para-hydroxylation sites is 2. The van der Waals surface area contributed by atoms with Crippen LogP contribution in [0.4, 0.5) is 26.7 Å². The summed E-state index contributed by atoms with van der Waals surface area (Å²) in [5, 5.41) is 9.22. The van der Waals surface area contributed by atoms with Crippen LogP contribution in [0.15, 0.2) is 48.5 Å². The monoisotopic (exact) mass is 577 g/mol. The molecular weight excluding hydrogens is 545 g/mol. The molecule has 1 amide bonds. The van der Waals surface area contributed by atoms with Crippen molar-refractivity contribution in [1.82, 2.24) is 4.90 Å². The molecule has 8 nitrogen and oxygen atoms in total. The first-order valence-electron chi connectivity index (χ1n) is 12.5. The van der Waals surface area contributed by atoms with Crippen molar-refractivity contribution in [2.24, 2.45) is 0 Å². The van der Waals surface area contributed by atoms with E-state index in [1.54, 1.807) is 49.4 Å². The minimum atomic E-state index is -5.64. The van der Waals surface area contributed by atoms with Crippen LogP contribution in [0, 0.1) is 0 Å². The zero-order valence-corrected chi connectivity index (χ0v) is 22.1. The molecule has 0 spiro atoms. The molecule has 1 atom stereocenters. The Morgan fingerprint density at radius 2 is 1.60 bits per heavy atom. The van der Waals surface area contributed by atoms with Crippen LogP contribution in [0.2, 0.25) is 0 Å². The molecule has 0 aliphatic heterocycles. The first-order chi connectivity index (χ1) is 18.9. The molecular formula is C27H32F5NO7. The highest BCUT2D eigenvalue weighted by atomic mass is 19.4. The van der Waals surface area contributed by atoms with Gasteiger partial charge in [-0.05, 0) is 49.6 Å². The summed E-state index contributed by atoms with van der Waals surface area (Å²) in [4.78, 5) is 25.3. The normalized spacial score (nSPS) is 12.5. The number of benzene rings is 2. The second-order valence-electron chi connectivity index (χ2n) is 8.64. The van der Waals surface area contributed by atoms with E-state index < -0.39 is 43.1 Å². The van der Waals surface area contributed by atoms with Crippen LogP contribution in [0.1, 0.15) is 31.7 Å². The number of amides is 1. The molecule has 2 aromatic rings. The van der Waals surface area contributed by atoms with Gasteiger partial charge < -0.3 is 29.0 Å². The van der Waals surface area contributed by atoms with E-state index in [1.165, 1.54) is 13.2 Å². The maximum atomic E-state index is 13.3. The number of carbonyl (C=O) groups excluding carboxylic acids is 1. The predicted molar refractivity (Wildman–Crippen MR) is 134 cm³/mol. The molecule has 0 bridgehead atoms. The lowest BCUT2D eigenvalue weighted by atomic mass is 10.1. The van der Waals surface area contributed by atoms with Crippen molar-refractivity contribution in [2.75, 3.05) is 33.4 Å². The molecule has 0 saturated heterocycles. The van der Waals surface area contributed by atoms with Crippen LogP contribution in [0.3, 0.4) is 0 Å². The van der Waals surface area contributed by atoms with Gasteiger partial charge in [-0.25, -0.2) is 9.59 Å². The van der Waals surface area contributed by atoms with Crippen LogP contribution in [0.5, 0.6) is 17.2 Å². The SMILES string of the molecule is CCOC(Cc1ccc(OCCN(CCCCC(F)(F)C(F)(F)F)C(=O)Oc2ccccc2OC)cc1)C(=O)O. The van der Waals surface area contributed by atoms with Crippen LogP contribution < -0.4 is 14.2 Å². The van der Waals surface area contributed by atoms with Gasteiger partial charge in [0.15, 0.2) is 17.6 Å². The molecule has 2 rings (SSSR count). The first-order valence-corrected chi connectivity index (χ1v) is 12.5. The van der Waals surface area contributed by atoms with Gasteiger partial charge in [-0.3, -0.25) is 0 Å². The third kappa shape index (κ3) is 10.2. The summed E-state index contributed by atoms with van der Waals surface area (Å²) < 4.78 is 85.2. The molecule has 0 aliphatic rings.